The minimum absolute atomic E-state index is 0.730. The molecule has 2 nitrogen and oxygen atoms in total. The van der Waals surface area contributed by atoms with Crippen LogP contribution in [0.15, 0.2) is 24.3 Å². The molecule has 1 aromatic carbocycles. The lowest BCUT2D eigenvalue weighted by Gasteiger charge is -2.07. The van der Waals surface area contributed by atoms with Crippen molar-refractivity contribution in [3.8, 4) is 0 Å². The Balaban J connectivity index is 1.56. The van der Waals surface area contributed by atoms with E-state index in [4.69, 9.17) is 4.74 Å². The molecule has 1 aliphatic rings. The number of hydrogen-bond donors (Lipinski definition) is 1. The van der Waals surface area contributed by atoms with Gasteiger partial charge in [-0.1, -0.05) is 38.1 Å². The highest BCUT2D eigenvalue weighted by atomic mass is 16.5. The summed E-state index contributed by atoms with van der Waals surface area (Å²) < 4.78 is 5.65. The second-order valence-corrected chi connectivity index (χ2v) is 6.01. The van der Waals surface area contributed by atoms with Crippen molar-refractivity contribution < 1.29 is 4.74 Å². The van der Waals surface area contributed by atoms with E-state index < -0.39 is 0 Å². The van der Waals surface area contributed by atoms with Gasteiger partial charge >= 0.3 is 0 Å². The number of ether oxygens (including phenoxy) is 1. The standard InChI is InChI=1S/C17H27NO/c1-14(2)13-16-5-3-15(4-6-16)9-11-19-12-10-18-17-7-8-17/h3-6,14,17-18H,7-13H2,1-2H3. The highest BCUT2D eigenvalue weighted by Gasteiger charge is 2.19. The number of rotatable bonds is 9. The number of benzene rings is 1. The van der Waals surface area contributed by atoms with Crippen molar-refractivity contribution in [3.63, 3.8) is 0 Å². The lowest BCUT2D eigenvalue weighted by atomic mass is 10.0. The first kappa shape index (κ1) is 14.5. The van der Waals surface area contributed by atoms with E-state index in [1.807, 2.05) is 0 Å². The largest absolute Gasteiger partial charge is 0.380 e. The van der Waals surface area contributed by atoms with Crippen LogP contribution in [0.2, 0.25) is 0 Å². The molecule has 1 N–H and O–H groups in total. The van der Waals surface area contributed by atoms with E-state index in [-0.39, 0.29) is 0 Å². The molecule has 106 valence electrons. The van der Waals surface area contributed by atoms with E-state index >= 15 is 0 Å². The summed E-state index contributed by atoms with van der Waals surface area (Å²) in [6.45, 7) is 7.19. The fourth-order valence-corrected chi connectivity index (χ4v) is 2.23. The average Bonchev–Trinajstić information content (AvgIpc) is 3.19. The Bertz CT molecular complexity index is 354. The predicted octanol–water partition coefficient (Wildman–Crippen LogP) is 3.20. The van der Waals surface area contributed by atoms with E-state index in [0.717, 1.165) is 38.1 Å². The summed E-state index contributed by atoms with van der Waals surface area (Å²) in [5.41, 5.74) is 2.82. The molecule has 2 rings (SSSR count). The van der Waals surface area contributed by atoms with Crippen LogP contribution in [-0.4, -0.2) is 25.8 Å². The third-order valence-corrected chi connectivity index (χ3v) is 3.46. The van der Waals surface area contributed by atoms with E-state index in [0.29, 0.717) is 0 Å². The molecule has 0 bridgehead atoms. The second kappa shape index (κ2) is 7.66. The Hall–Kier alpha value is -0.860. The van der Waals surface area contributed by atoms with Gasteiger partial charge in [0, 0.05) is 12.6 Å². The molecule has 0 aromatic heterocycles. The predicted molar refractivity (Wildman–Crippen MR) is 80.5 cm³/mol. The van der Waals surface area contributed by atoms with E-state index in [1.165, 1.54) is 30.4 Å². The van der Waals surface area contributed by atoms with Crippen molar-refractivity contribution in [2.24, 2.45) is 5.92 Å². The Morgan fingerprint density at radius 3 is 2.42 bits per heavy atom. The van der Waals surface area contributed by atoms with Gasteiger partial charge in [-0.05, 0) is 42.7 Å². The smallest absolute Gasteiger partial charge is 0.0591 e. The third kappa shape index (κ3) is 6.22. The minimum Gasteiger partial charge on any atom is -0.380 e. The fraction of sp³-hybridized carbons (Fsp3) is 0.647. The molecular formula is C17H27NO. The van der Waals surface area contributed by atoms with E-state index in [9.17, 15) is 0 Å². The summed E-state index contributed by atoms with van der Waals surface area (Å²) in [6, 6.07) is 9.78. The van der Waals surface area contributed by atoms with Crippen molar-refractivity contribution in [1.82, 2.24) is 5.32 Å². The van der Waals surface area contributed by atoms with Crippen LogP contribution in [-0.2, 0) is 17.6 Å². The van der Waals surface area contributed by atoms with Crippen LogP contribution < -0.4 is 5.32 Å². The maximum Gasteiger partial charge on any atom is 0.0591 e. The molecule has 0 aliphatic heterocycles. The maximum atomic E-state index is 5.65. The molecule has 1 aromatic rings. The molecule has 0 saturated heterocycles. The molecule has 2 heteroatoms. The summed E-state index contributed by atoms with van der Waals surface area (Å²) in [5, 5.41) is 3.46. The number of nitrogens with one attached hydrogen (secondary N) is 1. The van der Waals surface area contributed by atoms with Crippen LogP contribution in [0.25, 0.3) is 0 Å². The van der Waals surface area contributed by atoms with Gasteiger partial charge in [-0.3, -0.25) is 0 Å². The summed E-state index contributed by atoms with van der Waals surface area (Å²) in [6.07, 6.45) is 4.89. The van der Waals surface area contributed by atoms with Crippen LogP contribution in [0.5, 0.6) is 0 Å². The van der Waals surface area contributed by atoms with Crippen LogP contribution in [0, 0.1) is 5.92 Å². The molecule has 0 amide bonds. The molecule has 1 saturated carbocycles. The molecule has 0 atom stereocenters. The summed E-state index contributed by atoms with van der Waals surface area (Å²) in [5.74, 6) is 0.730. The lowest BCUT2D eigenvalue weighted by Crippen LogP contribution is -2.22. The Kier molecular flexibility index (Phi) is 5.87. The molecule has 0 unspecified atom stereocenters. The fourth-order valence-electron chi connectivity index (χ4n) is 2.23. The van der Waals surface area contributed by atoms with Gasteiger partial charge in [0.05, 0.1) is 13.2 Å². The first-order valence-corrected chi connectivity index (χ1v) is 7.63. The molecule has 1 fully saturated rings. The highest BCUT2D eigenvalue weighted by Crippen LogP contribution is 2.17. The highest BCUT2D eigenvalue weighted by molar-refractivity contribution is 5.22. The van der Waals surface area contributed by atoms with E-state index in [1.54, 1.807) is 0 Å². The number of hydrogen-bond acceptors (Lipinski definition) is 2. The molecule has 0 radical (unpaired) electrons. The quantitative estimate of drug-likeness (QED) is 0.689. The van der Waals surface area contributed by atoms with Crippen molar-refractivity contribution in [2.75, 3.05) is 19.8 Å². The zero-order chi connectivity index (χ0) is 13.5. The Morgan fingerprint density at radius 2 is 1.79 bits per heavy atom. The first-order chi connectivity index (χ1) is 9.24. The maximum absolute atomic E-state index is 5.65. The van der Waals surface area contributed by atoms with Crippen molar-refractivity contribution in [3.05, 3.63) is 35.4 Å². The topological polar surface area (TPSA) is 21.3 Å². The summed E-state index contributed by atoms with van der Waals surface area (Å²) >= 11 is 0. The van der Waals surface area contributed by atoms with Crippen LogP contribution in [0.1, 0.15) is 37.8 Å². The van der Waals surface area contributed by atoms with Gasteiger partial charge in [-0.25, -0.2) is 0 Å². The van der Waals surface area contributed by atoms with Gasteiger partial charge in [0.2, 0.25) is 0 Å². The Labute approximate surface area is 117 Å². The lowest BCUT2D eigenvalue weighted by molar-refractivity contribution is 0.138. The third-order valence-electron chi connectivity index (χ3n) is 3.46. The second-order valence-electron chi connectivity index (χ2n) is 6.01. The molecule has 19 heavy (non-hydrogen) atoms. The zero-order valence-corrected chi connectivity index (χ0v) is 12.3. The Morgan fingerprint density at radius 1 is 1.11 bits per heavy atom. The average molecular weight is 261 g/mol. The minimum atomic E-state index is 0.730. The van der Waals surface area contributed by atoms with Gasteiger partial charge in [-0.2, -0.15) is 0 Å². The molecule has 1 aliphatic carbocycles. The first-order valence-electron chi connectivity index (χ1n) is 7.63. The van der Waals surface area contributed by atoms with Gasteiger partial charge in [0.1, 0.15) is 0 Å². The van der Waals surface area contributed by atoms with E-state index in [2.05, 4.69) is 43.4 Å². The SMILES string of the molecule is CC(C)Cc1ccc(CCOCCNC2CC2)cc1. The van der Waals surface area contributed by atoms with Gasteiger partial charge in [0.25, 0.3) is 0 Å². The van der Waals surface area contributed by atoms with Gasteiger partial charge in [-0.15, -0.1) is 0 Å². The molecular weight excluding hydrogens is 234 g/mol. The zero-order valence-electron chi connectivity index (χ0n) is 12.3. The monoisotopic (exact) mass is 261 g/mol. The molecule has 0 spiro atoms. The van der Waals surface area contributed by atoms with Crippen LogP contribution >= 0.6 is 0 Å². The summed E-state index contributed by atoms with van der Waals surface area (Å²) in [7, 11) is 0. The van der Waals surface area contributed by atoms with Crippen molar-refractivity contribution >= 4 is 0 Å². The van der Waals surface area contributed by atoms with Gasteiger partial charge < -0.3 is 10.1 Å². The normalized spacial score (nSPS) is 15.1. The van der Waals surface area contributed by atoms with Crippen molar-refractivity contribution in [2.45, 2.75) is 45.6 Å². The van der Waals surface area contributed by atoms with Crippen LogP contribution in [0.3, 0.4) is 0 Å². The molecule has 0 heterocycles. The van der Waals surface area contributed by atoms with Crippen LogP contribution in [0.4, 0.5) is 0 Å². The van der Waals surface area contributed by atoms with Gasteiger partial charge in [0.15, 0.2) is 0 Å². The van der Waals surface area contributed by atoms with Crippen molar-refractivity contribution in [1.29, 1.82) is 0 Å². The summed E-state index contributed by atoms with van der Waals surface area (Å²) in [4.78, 5) is 0.